The first-order chi connectivity index (χ1) is 15.8. The standard InChI is InChI=1S/C25H30N6O2/c1-5-25(3,16-32)15-26-24(33)20-14-27-31-10-9-19(12-22(20)31)28-23-13-21(29-30(23)4)18-8-6-7-17(2)11-18/h6-14,28,32H,5,15-16H2,1-4H3,(H,26,33). The molecular weight excluding hydrogens is 416 g/mol. The average Bonchev–Trinajstić information content (AvgIpc) is 3.40. The number of aliphatic hydroxyl groups excluding tert-OH is 1. The van der Waals surface area contributed by atoms with E-state index in [-0.39, 0.29) is 17.9 Å². The van der Waals surface area contributed by atoms with Crippen molar-refractivity contribution in [1.29, 1.82) is 0 Å². The van der Waals surface area contributed by atoms with Crippen LogP contribution < -0.4 is 10.6 Å². The predicted octanol–water partition coefficient (Wildman–Crippen LogP) is 3.93. The van der Waals surface area contributed by atoms with E-state index in [0.717, 1.165) is 29.2 Å². The summed E-state index contributed by atoms with van der Waals surface area (Å²) in [5.41, 5.74) is 4.79. The molecule has 4 rings (SSSR count). The highest BCUT2D eigenvalue weighted by Gasteiger charge is 2.23. The number of fused-ring (bicyclic) bond motifs is 1. The maximum absolute atomic E-state index is 12.8. The number of hydrogen-bond donors (Lipinski definition) is 3. The molecule has 1 aromatic carbocycles. The second kappa shape index (κ2) is 9.07. The second-order valence-corrected chi connectivity index (χ2v) is 8.84. The van der Waals surface area contributed by atoms with Gasteiger partial charge in [0.25, 0.3) is 5.91 Å². The maximum Gasteiger partial charge on any atom is 0.255 e. The van der Waals surface area contributed by atoms with E-state index in [2.05, 4.69) is 39.9 Å². The number of pyridine rings is 1. The highest BCUT2D eigenvalue weighted by Crippen LogP contribution is 2.26. The van der Waals surface area contributed by atoms with E-state index < -0.39 is 0 Å². The van der Waals surface area contributed by atoms with Crippen LogP contribution in [0.5, 0.6) is 0 Å². The van der Waals surface area contributed by atoms with Gasteiger partial charge < -0.3 is 15.7 Å². The maximum atomic E-state index is 12.8. The summed E-state index contributed by atoms with van der Waals surface area (Å²) in [6.45, 7) is 6.42. The Labute approximate surface area is 193 Å². The second-order valence-electron chi connectivity index (χ2n) is 8.84. The highest BCUT2D eigenvalue weighted by molar-refractivity contribution is 6.01. The zero-order chi connectivity index (χ0) is 23.6. The molecule has 1 amide bonds. The summed E-state index contributed by atoms with van der Waals surface area (Å²) in [6.07, 6.45) is 4.15. The first-order valence-corrected chi connectivity index (χ1v) is 11.1. The van der Waals surface area contributed by atoms with E-state index >= 15 is 0 Å². The van der Waals surface area contributed by atoms with Crippen LogP contribution in [-0.4, -0.2) is 43.6 Å². The summed E-state index contributed by atoms with van der Waals surface area (Å²) in [5, 5.41) is 24.9. The lowest BCUT2D eigenvalue weighted by Crippen LogP contribution is -2.37. The molecule has 8 heteroatoms. The van der Waals surface area contributed by atoms with Crippen molar-refractivity contribution in [3.05, 3.63) is 66.0 Å². The number of aromatic nitrogens is 4. The van der Waals surface area contributed by atoms with Crippen molar-refractivity contribution in [2.24, 2.45) is 12.5 Å². The fourth-order valence-corrected chi connectivity index (χ4v) is 3.59. The van der Waals surface area contributed by atoms with Crippen molar-refractivity contribution in [3.8, 4) is 11.3 Å². The Balaban J connectivity index is 1.56. The van der Waals surface area contributed by atoms with E-state index in [1.165, 1.54) is 5.56 Å². The summed E-state index contributed by atoms with van der Waals surface area (Å²) in [6, 6.07) is 14.0. The van der Waals surface area contributed by atoms with Crippen molar-refractivity contribution in [3.63, 3.8) is 0 Å². The Bertz CT molecular complexity index is 1290. The third-order valence-electron chi connectivity index (χ3n) is 6.14. The molecule has 33 heavy (non-hydrogen) atoms. The van der Waals surface area contributed by atoms with Crippen LogP contribution in [0, 0.1) is 12.3 Å². The summed E-state index contributed by atoms with van der Waals surface area (Å²) in [4.78, 5) is 12.8. The minimum atomic E-state index is -0.347. The van der Waals surface area contributed by atoms with E-state index in [4.69, 9.17) is 0 Å². The molecule has 0 aliphatic carbocycles. The third kappa shape index (κ3) is 4.75. The monoisotopic (exact) mass is 446 g/mol. The van der Waals surface area contributed by atoms with Gasteiger partial charge >= 0.3 is 0 Å². The Kier molecular flexibility index (Phi) is 6.20. The number of carbonyl (C=O) groups is 1. The van der Waals surface area contributed by atoms with Crippen LogP contribution in [-0.2, 0) is 7.05 Å². The fraction of sp³-hybridized carbons (Fsp3) is 0.320. The average molecular weight is 447 g/mol. The van der Waals surface area contributed by atoms with Gasteiger partial charge in [0.05, 0.1) is 29.6 Å². The molecular formula is C25H30N6O2. The van der Waals surface area contributed by atoms with E-state index in [1.54, 1.807) is 15.4 Å². The van der Waals surface area contributed by atoms with Crippen molar-refractivity contribution in [2.45, 2.75) is 27.2 Å². The molecule has 3 N–H and O–H groups in total. The number of carbonyl (C=O) groups excluding carboxylic acids is 1. The van der Waals surface area contributed by atoms with E-state index in [1.807, 2.05) is 57.4 Å². The van der Waals surface area contributed by atoms with E-state index in [9.17, 15) is 9.90 Å². The zero-order valence-corrected chi connectivity index (χ0v) is 19.5. The number of anilines is 2. The molecule has 0 spiro atoms. The molecule has 0 saturated heterocycles. The van der Waals surface area contributed by atoms with Gasteiger partial charge in [0.2, 0.25) is 0 Å². The molecule has 3 aromatic heterocycles. The first-order valence-electron chi connectivity index (χ1n) is 11.1. The minimum Gasteiger partial charge on any atom is -0.396 e. The number of hydrogen-bond acceptors (Lipinski definition) is 5. The largest absolute Gasteiger partial charge is 0.396 e. The van der Waals surface area contributed by atoms with Crippen molar-refractivity contribution >= 4 is 22.9 Å². The quantitative estimate of drug-likeness (QED) is 0.381. The Morgan fingerprint density at radius 2 is 2.03 bits per heavy atom. The summed E-state index contributed by atoms with van der Waals surface area (Å²) in [5.74, 6) is 0.626. The van der Waals surface area contributed by atoms with Gasteiger partial charge in [0.1, 0.15) is 5.82 Å². The van der Waals surface area contributed by atoms with Gasteiger partial charge in [0, 0.05) is 42.5 Å². The summed E-state index contributed by atoms with van der Waals surface area (Å²) in [7, 11) is 1.89. The number of benzene rings is 1. The molecule has 0 aliphatic heterocycles. The molecule has 1 unspecified atom stereocenters. The smallest absolute Gasteiger partial charge is 0.255 e. The number of nitrogens with zero attached hydrogens (tertiary/aromatic N) is 4. The molecule has 0 radical (unpaired) electrons. The summed E-state index contributed by atoms with van der Waals surface area (Å²) >= 11 is 0. The number of aliphatic hydroxyl groups is 1. The molecule has 1 atom stereocenters. The van der Waals surface area contributed by atoms with Crippen molar-refractivity contribution in [1.82, 2.24) is 24.7 Å². The molecule has 0 aliphatic rings. The fourth-order valence-electron chi connectivity index (χ4n) is 3.59. The molecule has 4 aromatic rings. The van der Waals surface area contributed by atoms with Crippen LogP contribution >= 0.6 is 0 Å². The third-order valence-corrected chi connectivity index (χ3v) is 6.14. The van der Waals surface area contributed by atoms with Gasteiger partial charge in [-0.15, -0.1) is 0 Å². The number of rotatable bonds is 8. The lowest BCUT2D eigenvalue weighted by molar-refractivity contribution is 0.0892. The zero-order valence-electron chi connectivity index (χ0n) is 19.5. The Morgan fingerprint density at radius 3 is 2.76 bits per heavy atom. The SMILES string of the molecule is CCC(C)(CO)CNC(=O)c1cnn2ccc(Nc3cc(-c4cccc(C)c4)nn3C)cc12. The molecule has 0 fully saturated rings. The van der Waals surface area contributed by atoms with Gasteiger partial charge in [-0.1, -0.05) is 37.6 Å². The Hall–Kier alpha value is -3.65. The van der Waals surface area contributed by atoms with Gasteiger partial charge in [-0.2, -0.15) is 10.2 Å². The van der Waals surface area contributed by atoms with E-state index in [0.29, 0.717) is 17.6 Å². The number of amides is 1. The van der Waals surface area contributed by atoms with Gasteiger partial charge in [-0.05, 0) is 31.5 Å². The van der Waals surface area contributed by atoms with Crippen LogP contribution in [0.4, 0.5) is 11.5 Å². The lowest BCUT2D eigenvalue weighted by atomic mass is 9.88. The predicted molar refractivity (Wildman–Crippen MR) is 130 cm³/mol. The van der Waals surface area contributed by atoms with Crippen LogP contribution in [0.15, 0.2) is 54.9 Å². The molecule has 0 saturated carbocycles. The van der Waals surface area contributed by atoms with Gasteiger partial charge in [-0.3, -0.25) is 9.48 Å². The number of nitrogens with one attached hydrogen (secondary N) is 2. The molecule has 172 valence electrons. The Morgan fingerprint density at radius 1 is 1.21 bits per heavy atom. The van der Waals surface area contributed by atoms with Gasteiger partial charge in [-0.25, -0.2) is 4.52 Å². The van der Waals surface area contributed by atoms with Crippen LogP contribution in [0.2, 0.25) is 0 Å². The van der Waals surface area contributed by atoms with Crippen LogP contribution in [0.3, 0.4) is 0 Å². The van der Waals surface area contributed by atoms with Crippen molar-refractivity contribution < 1.29 is 9.90 Å². The number of aryl methyl sites for hydroxylation is 2. The molecule has 8 nitrogen and oxygen atoms in total. The minimum absolute atomic E-state index is 0.0157. The normalized spacial score (nSPS) is 13.1. The van der Waals surface area contributed by atoms with Crippen LogP contribution in [0.1, 0.15) is 36.2 Å². The lowest BCUT2D eigenvalue weighted by Gasteiger charge is -2.25. The van der Waals surface area contributed by atoms with Crippen molar-refractivity contribution in [2.75, 3.05) is 18.5 Å². The van der Waals surface area contributed by atoms with Gasteiger partial charge in [0.15, 0.2) is 0 Å². The summed E-state index contributed by atoms with van der Waals surface area (Å²) < 4.78 is 3.47. The molecule has 0 bridgehead atoms. The highest BCUT2D eigenvalue weighted by atomic mass is 16.3. The first kappa shape index (κ1) is 22.5. The topological polar surface area (TPSA) is 96.5 Å². The van der Waals surface area contributed by atoms with Crippen LogP contribution in [0.25, 0.3) is 16.8 Å². The molecule has 3 heterocycles.